The first kappa shape index (κ1) is 42.9. The van der Waals surface area contributed by atoms with E-state index in [0.29, 0.717) is 44.0 Å². The summed E-state index contributed by atoms with van der Waals surface area (Å²) in [5, 5.41) is 8.14. The molecule has 1 saturated carbocycles. The standard InChI is InChI=1S/C45H60N6O7S/c1-10-56-40-38(48-41(52)36-26(4)27(36)5)43(53)51-18-12-14-33(49-51)44(54)58-24-45(7,8)22-32-31-21-29(34-23-59-42(40)47-34)15-16-35(31)50(19-20-57-25(2)3)39(32)30-13-11-17-46-37(30)28(6)55-9/h11,13,15-17,21,23,25-28,33,36,38,40,49H,10,12,14,18-20,22,24H2,1-9H3,(H,48,52)/t26-,27+,28-,33-,36?,38-,40-/m0/s1. The summed E-state index contributed by atoms with van der Waals surface area (Å²) in [5.41, 5.74) is 9.21. The van der Waals surface area contributed by atoms with Crippen LogP contribution in [0, 0.1) is 23.2 Å². The van der Waals surface area contributed by atoms with E-state index in [1.165, 1.54) is 16.3 Å². The van der Waals surface area contributed by atoms with Crippen LogP contribution in [0.3, 0.4) is 0 Å². The highest BCUT2D eigenvalue weighted by Gasteiger charge is 2.50. The van der Waals surface area contributed by atoms with Gasteiger partial charge >= 0.3 is 5.97 Å². The molecule has 1 unspecified atom stereocenters. The molecule has 13 nitrogen and oxygen atoms in total. The van der Waals surface area contributed by atoms with Gasteiger partial charge in [-0.05, 0) is 88.6 Å². The minimum Gasteiger partial charge on any atom is -0.464 e. The third-order valence-electron chi connectivity index (χ3n) is 12.2. The normalized spacial score (nSPS) is 25.2. The molecule has 59 heavy (non-hydrogen) atoms. The van der Waals surface area contributed by atoms with Crippen molar-refractivity contribution in [1.29, 1.82) is 0 Å². The second-order valence-electron chi connectivity index (χ2n) is 17.4. The van der Waals surface area contributed by atoms with Crippen LogP contribution >= 0.6 is 11.3 Å². The molecule has 2 fully saturated rings. The Kier molecular flexibility index (Phi) is 12.9. The summed E-state index contributed by atoms with van der Waals surface area (Å²) in [7, 11) is 1.69. The Bertz CT molecular complexity index is 2160. The molecular weight excluding hydrogens is 769 g/mol. The van der Waals surface area contributed by atoms with Crippen LogP contribution in [0.15, 0.2) is 41.9 Å². The molecule has 3 aromatic heterocycles. The Hall–Kier alpha value is -4.21. The second-order valence-corrected chi connectivity index (χ2v) is 18.3. The van der Waals surface area contributed by atoms with Crippen LogP contribution in [0.1, 0.15) is 96.7 Å². The third kappa shape index (κ3) is 8.97. The molecule has 14 heteroatoms. The molecule has 2 N–H and O–H groups in total. The quantitative estimate of drug-likeness (QED) is 0.151. The van der Waals surface area contributed by atoms with E-state index in [1.54, 1.807) is 13.3 Å². The highest BCUT2D eigenvalue weighted by molar-refractivity contribution is 7.10. The summed E-state index contributed by atoms with van der Waals surface area (Å²) in [4.78, 5) is 52.1. The number of benzene rings is 1. The van der Waals surface area contributed by atoms with Gasteiger partial charge < -0.3 is 28.8 Å². The van der Waals surface area contributed by atoms with E-state index < -0.39 is 29.6 Å². The van der Waals surface area contributed by atoms with Crippen molar-refractivity contribution in [3.63, 3.8) is 0 Å². The highest BCUT2D eigenvalue weighted by Crippen LogP contribution is 2.46. The van der Waals surface area contributed by atoms with Crippen molar-refractivity contribution in [2.45, 2.75) is 112 Å². The van der Waals surface area contributed by atoms with Crippen LogP contribution < -0.4 is 10.7 Å². The number of methoxy groups -OCH3 is 1. The average Bonchev–Trinajstić information content (AvgIpc) is 3.50. The molecule has 3 aliphatic rings. The predicted octanol–water partition coefficient (Wildman–Crippen LogP) is 7.04. The molecule has 4 aromatic rings. The number of hydrazine groups is 1. The second kappa shape index (κ2) is 17.8. The topological polar surface area (TPSA) is 146 Å². The van der Waals surface area contributed by atoms with Gasteiger partial charge in [0.2, 0.25) is 5.91 Å². The Morgan fingerprint density at radius 1 is 1.15 bits per heavy atom. The number of nitrogens with zero attached hydrogens (tertiary/aromatic N) is 4. The first-order valence-electron chi connectivity index (χ1n) is 21.1. The predicted molar refractivity (Wildman–Crippen MR) is 227 cm³/mol. The summed E-state index contributed by atoms with van der Waals surface area (Å²) in [6.45, 7) is 18.1. The molecule has 7 rings (SSSR count). The molecule has 6 bridgehead atoms. The molecule has 0 spiro atoms. The lowest BCUT2D eigenvalue weighted by molar-refractivity contribution is -0.156. The zero-order valence-electron chi connectivity index (χ0n) is 35.9. The van der Waals surface area contributed by atoms with Crippen molar-refractivity contribution in [3.8, 4) is 22.5 Å². The molecule has 5 heterocycles. The summed E-state index contributed by atoms with van der Waals surface area (Å²) in [6.07, 6.45) is 2.37. The van der Waals surface area contributed by atoms with Gasteiger partial charge in [-0.25, -0.2) is 10.4 Å². The smallest absolute Gasteiger partial charge is 0.324 e. The monoisotopic (exact) mass is 828 g/mol. The van der Waals surface area contributed by atoms with Crippen LogP contribution in [0.25, 0.3) is 33.4 Å². The van der Waals surface area contributed by atoms with E-state index >= 15 is 0 Å². The number of fused-ring (bicyclic) bond motifs is 6. The number of amides is 2. The molecule has 2 amide bonds. The Balaban J connectivity index is 1.41. The summed E-state index contributed by atoms with van der Waals surface area (Å²) in [5.74, 6) is -0.764. The fourth-order valence-corrected chi connectivity index (χ4v) is 9.52. The molecule has 1 aromatic carbocycles. The van der Waals surface area contributed by atoms with Crippen LogP contribution in [-0.4, -0.2) is 89.0 Å². The van der Waals surface area contributed by atoms with Crippen LogP contribution in [0.5, 0.6) is 0 Å². The van der Waals surface area contributed by atoms with E-state index in [2.05, 4.69) is 53.4 Å². The van der Waals surface area contributed by atoms with Gasteiger partial charge in [-0.1, -0.05) is 33.8 Å². The molecule has 0 radical (unpaired) electrons. The summed E-state index contributed by atoms with van der Waals surface area (Å²) >= 11 is 1.40. The van der Waals surface area contributed by atoms with Crippen LogP contribution in [-0.2, 0) is 46.3 Å². The minimum atomic E-state index is -1.08. The first-order valence-corrected chi connectivity index (χ1v) is 22.0. The molecule has 7 atom stereocenters. The number of esters is 1. The fraction of sp³-hybridized carbons (Fsp3) is 0.578. The van der Waals surface area contributed by atoms with Gasteiger partial charge in [-0.15, -0.1) is 11.3 Å². The lowest BCUT2D eigenvalue weighted by atomic mass is 9.84. The van der Waals surface area contributed by atoms with Gasteiger partial charge in [-0.3, -0.25) is 24.4 Å². The maximum Gasteiger partial charge on any atom is 0.324 e. The van der Waals surface area contributed by atoms with Gasteiger partial charge in [0.15, 0.2) is 0 Å². The van der Waals surface area contributed by atoms with Crippen molar-refractivity contribution < 1.29 is 33.3 Å². The van der Waals surface area contributed by atoms with E-state index in [0.717, 1.165) is 44.7 Å². The van der Waals surface area contributed by atoms with Gasteiger partial charge in [0, 0.05) is 71.7 Å². The maximum absolute atomic E-state index is 14.6. The van der Waals surface area contributed by atoms with Gasteiger partial charge in [0.05, 0.1) is 42.5 Å². The summed E-state index contributed by atoms with van der Waals surface area (Å²) in [6, 6.07) is 8.64. The number of carbonyl (C=O) groups is 3. The van der Waals surface area contributed by atoms with Crippen molar-refractivity contribution >= 4 is 40.0 Å². The first-order chi connectivity index (χ1) is 28.2. The molecule has 318 valence electrons. The molecule has 1 saturated heterocycles. The van der Waals surface area contributed by atoms with Gasteiger partial charge in [0.1, 0.15) is 23.2 Å². The number of thiazole rings is 1. The third-order valence-corrected chi connectivity index (χ3v) is 13.1. The van der Waals surface area contributed by atoms with E-state index in [9.17, 15) is 14.4 Å². The number of pyridine rings is 1. The number of carbonyl (C=O) groups excluding carboxylic acids is 3. The van der Waals surface area contributed by atoms with E-state index in [-0.39, 0.29) is 55.0 Å². The van der Waals surface area contributed by atoms with Gasteiger partial charge in [-0.2, -0.15) is 0 Å². The van der Waals surface area contributed by atoms with Crippen molar-refractivity contribution in [3.05, 3.63) is 58.2 Å². The molecule has 1 aliphatic carbocycles. The van der Waals surface area contributed by atoms with Gasteiger partial charge in [0.25, 0.3) is 5.91 Å². The van der Waals surface area contributed by atoms with E-state index in [4.69, 9.17) is 28.9 Å². The Morgan fingerprint density at radius 3 is 2.64 bits per heavy atom. The zero-order chi connectivity index (χ0) is 42.2. The number of rotatable bonds is 11. The molecule has 2 aliphatic heterocycles. The fourth-order valence-electron chi connectivity index (χ4n) is 8.61. The number of hydrogen-bond acceptors (Lipinski definition) is 11. The maximum atomic E-state index is 14.6. The number of hydrogen-bond donors (Lipinski definition) is 2. The van der Waals surface area contributed by atoms with Crippen molar-refractivity contribution in [2.24, 2.45) is 23.2 Å². The Labute approximate surface area is 351 Å². The average molecular weight is 829 g/mol. The van der Waals surface area contributed by atoms with Crippen molar-refractivity contribution in [2.75, 3.05) is 33.5 Å². The number of cyclic esters (lactones) is 1. The lowest BCUT2D eigenvalue weighted by Gasteiger charge is -2.37. The molecular formula is C45H60N6O7S. The van der Waals surface area contributed by atoms with Crippen LogP contribution in [0.4, 0.5) is 0 Å². The largest absolute Gasteiger partial charge is 0.464 e. The number of aromatic nitrogens is 3. The van der Waals surface area contributed by atoms with Crippen molar-refractivity contribution in [1.82, 2.24) is 30.3 Å². The number of nitrogens with one attached hydrogen (secondary N) is 2. The van der Waals surface area contributed by atoms with Crippen LogP contribution in [0.2, 0.25) is 0 Å². The zero-order valence-corrected chi connectivity index (χ0v) is 36.7. The number of ether oxygens (including phenoxy) is 4. The highest BCUT2D eigenvalue weighted by atomic mass is 32.1. The SMILES string of the molecule is CCO[C@@H]1c2nc(cs2)-c2ccc3c(c2)c(c(-c2cccnc2[C@H](C)OC)n3CCOC(C)C)CC(C)(C)COC(=O)[C@@H]2CCCN(N2)C(=O)[C@H]1NC(=O)C1[C@@H](C)[C@H]1C. The minimum absolute atomic E-state index is 0.0626. The van der Waals surface area contributed by atoms with E-state index in [1.807, 2.05) is 53.0 Å². The lowest BCUT2D eigenvalue weighted by Crippen LogP contribution is -2.61. The Morgan fingerprint density at radius 2 is 1.93 bits per heavy atom. The summed E-state index contributed by atoms with van der Waals surface area (Å²) < 4.78 is 26.8.